The number of ether oxygens (including phenoxy) is 1. The molecule has 0 saturated carbocycles. The van der Waals surface area contributed by atoms with Crippen LogP contribution < -0.4 is 0 Å². The summed E-state index contributed by atoms with van der Waals surface area (Å²) in [6, 6.07) is 12.2. The van der Waals surface area contributed by atoms with Gasteiger partial charge in [0.05, 0.1) is 6.04 Å². The van der Waals surface area contributed by atoms with Gasteiger partial charge < -0.3 is 4.74 Å². The monoisotopic (exact) mass is 334 g/mol. The fourth-order valence-corrected chi connectivity index (χ4v) is 3.91. The number of carbonyl (C=O) groups excluding carboxylic acids is 1. The Hall–Kier alpha value is -2.62. The second-order valence-corrected chi connectivity index (χ2v) is 6.83. The lowest BCUT2D eigenvalue weighted by Crippen LogP contribution is -2.43. The van der Waals surface area contributed by atoms with Crippen molar-refractivity contribution < 1.29 is 9.53 Å². The number of aryl methyl sites for hydroxylation is 1. The van der Waals surface area contributed by atoms with Gasteiger partial charge in [-0.15, -0.1) is 0 Å². The molecule has 2 aliphatic rings. The highest BCUT2D eigenvalue weighted by atomic mass is 16.6. The highest BCUT2D eigenvalue weighted by Gasteiger charge is 2.40. The summed E-state index contributed by atoms with van der Waals surface area (Å²) in [6.07, 6.45) is 8.71. The molecule has 1 aromatic carbocycles. The van der Waals surface area contributed by atoms with Gasteiger partial charge in [0.15, 0.2) is 0 Å². The number of hydrogen-bond acceptors (Lipinski definition) is 3. The minimum Gasteiger partial charge on any atom is -0.445 e. The van der Waals surface area contributed by atoms with Crippen LogP contribution in [-0.2, 0) is 11.3 Å². The molecule has 1 saturated heterocycles. The average Bonchev–Trinajstić information content (AvgIpc) is 2.91. The van der Waals surface area contributed by atoms with Crippen LogP contribution >= 0.6 is 0 Å². The molecule has 0 radical (unpaired) electrons. The van der Waals surface area contributed by atoms with Gasteiger partial charge in [-0.1, -0.05) is 36.4 Å². The maximum atomic E-state index is 12.6. The van der Waals surface area contributed by atoms with Crippen molar-refractivity contribution in [2.45, 2.75) is 44.9 Å². The molecular weight excluding hydrogens is 312 g/mol. The van der Waals surface area contributed by atoms with E-state index in [9.17, 15) is 4.79 Å². The molecule has 1 fully saturated rings. The van der Waals surface area contributed by atoms with Crippen molar-refractivity contribution in [3.8, 4) is 0 Å². The first-order valence-electron chi connectivity index (χ1n) is 8.83. The lowest BCUT2D eigenvalue weighted by Gasteiger charge is -2.33. The van der Waals surface area contributed by atoms with Gasteiger partial charge in [-0.25, -0.2) is 4.79 Å². The predicted octanol–water partition coefficient (Wildman–Crippen LogP) is 4.35. The van der Waals surface area contributed by atoms with Crippen LogP contribution in [0.3, 0.4) is 0 Å². The predicted molar refractivity (Wildman–Crippen MR) is 96.8 cm³/mol. The number of nitrogens with zero attached hydrogens (tertiary/aromatic N) is 2. The van der Waals surface area contributed by atoms with Crippen LogP contribution in [0, 0.1) is 6.92 Å². The molecular formula is C21H22N2O2. The summed E-state index contributed by atoms with van der Waals surface area (Å²) >= 11 is 0. The molecule has 2 unspecified atom stereocenters. The van der Waals surface area contributed by atoms with Crippen LogP contribution in [0.5, 0.6) is 0 Å². The van der Waals surface area contributed by atoms with E-state index in [1.54, 1.807) is 0 Å². The number of pyridine rings is 1. The smallest absolute Gasteiger partial charge is 0.410 e. The minimum atomic E-state index is -0.199. The van der Waals surface area contributed by atoms with E-state index in [2.05, 4.69) is 18.0 Å². The van der Waals surface area contributed by atoms with Gasteiger partial charge in [0.1, 0.15) is 6.61 Å². The molecule has 1 amide bonds. The van der Waals surface area contributed by atoms with Gasteiger partial charge in [0, 0.05) is 18.4 Å². The van der Waals surface area contributed by atoms with Gasteiger partial charge in [0.2, 0.25) is 0 Å². The molecule has 0 spiro atoms. The standard InChI is InChI=1S/C21H22N2O2/c1-15-9-10-22-13-20(15)17-11-18-7-8-19(12-17)23(18)21(24)25-14-16-5-3-2-4-6-16/h2-6,9-11,13,18-19H,7-8,12,14H2,1H3. The first-order chi connectivity index (χ1) is 12.2. The summed E-state index contributed by atoms with van der Waals surface area (Å²) in [5, 5.41) is 0. The summed E-state index contributed by atoms with van der Waals surface area (Å²) in [7, 11) is 0. The van der Waals surface area contributed by atoms with Gasteiger partial charge in [-0.3, -0.25) is 9.88 Å². The van der Waals surface area contributed by atoms with E-state index < -0.39 is 0 Å². The quantitative estimate of drug-likeness (QED) is 0.838. The van der Waals surface area contributed by atoms with E-state index in [0.29, 0.717) is 6.61 Å². The van der Waals surface area contributed by atoms with E-state index in [4.69, 9.17) is 4.74 Å². The minimum absolute atomic E-state index is 0.136. The molecule has 128 valence electrons. The maximum Gasteiger partial charge on any atom is 0.410 e. The molecule has 25 heavy (non-hydrogen) atoms. The van der Waals surface area contributed by atoms with Gasteiger partial charge in [-0.2, -0.15) is 0 Å². The average molecular weight is 334 g/mol. The van der Waals surface area contributed by atoms with Crippen LogP contribution in [0.1, 0.15) is 36.0 Å². The Morgan fingerprint density at radius 3 is 2.84 bits per heavy atom. The lowest BCUT2D eigenvalue weighted by molar-refractivity contribution is 0.0832. The Morgan fingerprint density at radius 1 is 1.24 bits per heavy atom. The Morgan fingerprint density at radius 2 is 2.08 bits per heavy atom. The first-order valence-corrected chi connectivity index (χ1v) is 8.83. The fourth-order valence-electron chi connectivity index (χ4n) is 3.91. The molecule has 2 aromatic rings. The number of benzene rings is 1. The van der Waals surface area contributed by atoms with E-state index >= 15 is 0 Å². The molecule has 2 atom stereocenters. The summed E-state index contributed by atoms with van der Waals surface area (Å²) in [5.74, 6) is 0. The fraction of sp³-hybridized carbons (Fsp3) is 0.333. The molecule has 1 aromatic heterocycles. The zero-order valence-electron chi connectivity index (χ0n) is 14.4. The summed E-state index contributed by atoms with van der Waals surface area (Å²) < 4.78 is 5.56. The van der Waals surface area contributed by atoms with E-state index in [-0.39, 0.29) is 18.2 Å². The molecule has 4 heteroatoms. The van der Waals surface area contributed by atoms with Crippen LogP contribution in [0.25, 0.3) is 5.57 Å². The zero-order valence-corrected chi connectivity index (χ0v) is 14.4. The number of fused-ring (bicyclic) bond motifs is 2. The van der Waals surface area contributed by atoms with Gasteiger partial charge >= 0.3 is 6.09 Å². The van der Waals surface area contributed by atoms with Crippen molar-refractivity contribution in [3.63, 3.8) is 0 Å². The van der Waals surface area contributed by atoms with Crippen molar-refractivity contribution in [2.75, 3.05) is 0 Å². The van der Waals surface area contributed by atoms with Crippen LogP contribution in [0.4, 0.5) is 4.79 Å². The molecule has 4 rings (SSSR count). The second-order valence-electron chi connectivity index (χ2n) is 6.83. The molecule has 0 N–H and O–H groups in total. The van der Waals surface area contributed by atoms with Gasteiger partial charge in [-0.05, 0) is 54.5 Å². The second kappa shape index (κ2) is 6.71. The third-order valence-electron chi connectivity index (χ3n) is 5.20. The van der Waals surface area contributed by atoms with Crippen LogP contribution in [0.15, 0.2) is 54.9 Å². The molecule has 3 heterocycles. The number of carbonyl (C=O) groups is 1. The highest BCUT2D eigenvalue weighted by Crippen LogP contribution is 2.39. The molecule has 0 aliphatic carbocycles. The molecule has 2 bridgehead atoms. The van der Waals surface area contributed by atoms with Crippen molar-refractivity contribution in [3.05, 3.63) is 71.6 Å². The number of aromatic nitrogens is 1. The molecule has 2 aliphatic heterocycles. The van der Waals surface area contributed by atoms with Crippen molar-refractivity contribution in [1.82, 2.24) is 9.88 Å². The Kier molecular flexibility index (Phi) is 4.26. The van der Waals surface area contributed by atoms with E-state index in [1.807, 2.05) is 53.7 Å². The van der Waals surface area contributed by atoms with Crippen LogP contribution in [-0.4, -0.2) is 28.1 Å². The Bertz CT molecular complexity index is 801. The maximum absolute atomic E-state index is 12.6. The highest BCUT2D eigenvalue weighted by molar-refractivity contribution is 5.75. The Balaban J connectivity index is 1.48. The number of hydrogen-bond donors (Lipinski definition) is 0. The number of amides is 1. The third kappa shape index (κ3) is 3.16. The Labute approximate surface area is 148 Å². The molecule has 4 nitrogen and oxygen atoms in total. The SMILES string of the molecule is Cc1ccncc1C1=CC2CCC(C1)N2C(=O)OCc1ccccc1. The third-order valence-corrected chi connectivity index (χ3v) is 5.20. The van der Waals surface area contributed by atoms with Crippen molar-refractivity contribution in [1.29, 1.82) is 0 Å². The summed E-state index contributed by atoms with van der Waals surface area (Å²) in [4.78, 5) is 18.8. The number of rotatable bonds is 3. The van der Waals surface area contributed by atoms with Crippen LogP contribution in [0.2, 0.25) is 0 Å². The lowest BCUT2D eigenvalue weighted by atomic mass is 9.93. The summed E-state index contributed by atoms with van der Waals surface area (Å²) in [5.41, 5.74) is 4.77. The van der Waals surface area contributed by atoms with E-state index in [0.717, 1.165) is 24.8 Å². The topological polar surface area (TPSA) is 42.4 Å². The normalized spacial score (nSPS) is 21.8. The van der Waals surface area contributed by atoms with Crippen molar-refractivity contribution >= 4 is 11.7 Å². The first kappa shape index (κ1) is 15.9. The van der Waals surface area contributed by atoms with Gasteiger partial charge in [0.25, 0.3) is 0 Å². The van der Waals surface area contributed by atoms with E-state index in [1.165, 1.54) is 16.7 Å². The zero-order chi connectivity index (χ0) is 17.2. The van der Waals surface area contributed by atoms with Crippen molar-refractivity contribution in [2.24, 2.45) is 0 Å². The summed E-state index contributed by atoms with van der Waals surface area (Å²) in [6.45, 7) is 2.44. The largest absolute Gasteiger partial charge is 0.445 e.